The Balaban J connectivity index is 1.65. The predicted molar refractivity (Wildman–Crippen MR) is 143 cm³/mol. The van der Waals surface area contributed by atoms with Gasteiger partial charge in [0.2, 0.25) is 0 Å². The summed E-state index contributed by atoms with van der Waals surface area (Å²) in [5.74, 6) is -0.481. The van der Waals surface area contributed by atoms with Gasteiger partial charge in [-0.25, -0.2) is 0 Å². The number of esters is 1. The molecule has 7 N–H and O–H groups in total. The Hall–Kier alpha value is -0.930. The zero-order valence-electron chi connectivity index (χ0n) is 23.8. The molecule has 0 aromatic rings. The van der Waals surface area contributed by atoms with Crippen LogP contribution < -0.4 is 0 Å². The predicted octanol–water partition coefficient (Wildman–Crippen LogP) is 0.635. The van der Waals surface area contributed by atoms with Gasteiger partial charge in [-0.3, -0.25) is 4.79 Å². The van der Waals surface area contributed by atoms with E-state index in [1.165, 1.54) is 57.8 Å². The quantitative estimate of drug-likeness (QED) is 0.0833. The summed E-state index contributed by atoms with van der Waals surface area (Å²) in [6.07, 6.45) is -0.238. The number of unbranched alkanes of at least 4 members (excludes halogenated alkanes) is 12. The van der Waals surface area contributed by atoms with Gasteiger partial charge < -0.3 is 54.7 Å². The molecule has 1 unspecified atom stereocenters. The lowest BCUT2D eigenvalue weighted by Crippen LogP contribution is -2.64. The lowest BCUT2D eigenvalue weighted by Gasteiger charge is -2.45. The van der Waals surface area contributed by atoms with Gasteiger partial charge in [-0.1, -0.05) is 84.0 Å². The summed E-state index contributed by atoms with van der Waals surface area (Å²) in [6.45, 7) is 1.13. The van der Waals surface area contributed by atoms with Crippen LogP contribution in [-0.4, -0.2) is 116 Å². The zero-order chi connectivity index (χ0) is 29.5. The van der Waals surface area contributed by atoms with Gasteiger partial charge in [0.1, 0.15) is 55.4 Å². The number of aliphatic hydroxyl groups is 7. The molecule has 0 bridgehead atoms. The van der Waals surface area contributed by atoms with Crippen LogP contribution in [0.15, 0.2) is 0 Å². The first kappa shape index (κ1) is 35.3. The number of carbonyl (C=O) groups excluding carboxylic acids is 1. The van der Waals surface area contributed by atoms with E-state index in [0.717, 1.165) is 19.3 Å². The maximum atomic E-state index is 12.2. The number of carbonyl (C=O) groups is 1. The highest BCUT2D eigenvalue weighted by molar-refractivity contribution is 5.69. The highest BCUT2D eigenvalue weighted by Gasteiger charge is 2.50. The maximum absolute atomic E-state index is 12.2. The van der Waals surface area contributed by atoms with Crippen LogP contribution in [0.3, 0.4) is 0 Å². The molecule has 0 radical (unpaired) electrons. The Kier molecular flexibility index (Phi) is 17.0. The summed E-state index contributed by atoms with van der Waals surface area (Å²) in [4.78, 5) is 12.2. The molecule has 2 aliphatic heterocycles. The molecular formula is C28H52O12. The standard InChI is InChI=1S/C28H52O12/c1-2-3-4-5-6-7-8-9-10-11-12-13-14-15-20(30)37-17-19-21(31)22(32)25(35)28(39-19)40-26-18(16-29)38-27(36)24(34)23(26)33/h18-19,21-29,31-36H,2-17H2,1H3/t18-,19-,21-,22+,23-,24-,25-,26-,27?,28-/m1/s1. The van der Waals surface area contributed by atoms with Crippen molar-refractivity contribution in [2.45, 2.75) is 158 Å². The number of hydrogen-bond acceptors (Lipinski definition) is 12. The molecule has 2 aliphatic rings. The fraction of sp³-hybridized carbons (Fsp3) is 0.964. The normalized spacial score (nSPS) is 34.6. The van der Waals surface area contributed by atoms with Crippen LogP contribution in [0.25, 0.3) is 0 Å². The van der Waals surface area contributed by atoms with E-state index in [2.05, 4.69) is 6.92 Å². The third kappa shape index (κ3) is 11.4. The minimum atomic E-state index is -1.77. The fourth-order valence-corrected chi connectivity index (χ4v) is 5.09. The molecule has 12 heteroatoms. The van der Waals surface area contributed by atoms with E-state index in [-0.39, 0.29) is 6.42 Å². The van der Waals surface area contributed by atoms with E-state index in [1.54, 1.807) is 0 Å². The minimum Gasteiger partial charge on any atom is -0.463 e. The highest BCUT2D eigenvalue weighted by Crippen LogP contribution is 2.29. The summed E-state index contributed by atoms with van der Waals surface area (Å²) in [5, 5.41) is 70.2. The van der Waals surface area contributed by atoms with E-state index >= 15 is 0 Å². The largest absolute Gasteiger partial charge is 0.463 e. The Bertz CT molecular complexity index is 680. The van der Waals surface area contributed by atoms with Crippen LogP contribution >= 0.6 is 0 Å². The molecule has 10 atom stereocenters. The monoisotopic (exact) mass is 580 g/mol. The van der Waals surface area contributed by atoms with Crippen molar-refractivity contribution in [3.63, 3.8) is 0 Å². The van der Waals surface area contributed by atoms with Gasteiger partial charge in [0.05, 0.1) is 6.61 Å². The Labute approximate surface area is 237 Å². The number of hydrogen-bond donors (Lipinski definition) is 7. The van der Waals surface area contributed by atoms with E-state index < -0.39 is 80.6 Å². The van der Waals surface area contributed by atoms with Crippen molar-refractivity contribution < 1.29 is 59.5 Å². The average Bonchev–Trinajstić information content (AvgIpc) is 2.94. The van der Waals surface area contributed by atoms with Gasteiger partial charge in [-0.05, 0) is 6.42 Å². The third-order valence-electron chi connectivity index (χ3n) is 7.69. The molecule has 2 fully saturated rings. The van der Waals surface area contributed by atoms with Crippen molar-refractivity contribution >= 4 is 5.97 Å². The smallest absolute Gasteiger partial charge is 0.305 e. The summed E-state index contributed by atoms with van der Waals surface area (Å²) >= 11 is 0. The van der Waals surface area contributed by atoms with Crippen molar-refractivity contribution in [3.05, 3.63) is 0 Å². The first-order valence-electron chi connectivity index (χ1n) is 15.0. The Morgan fingerprint density at radius 1 is 0.650 bits per heavy atom. The molecule has 0 saturated carbocycles. The topological polar surface area (TPSA) is 196 Å². The van der Waals surface area contributed by atoms with Crippen molar-refractivity contribution in [2.75, 3.05) is 13.2 Å². The molecule has 40 heavy (non-hydrogen) atoms. The van der Waals surface area contributed by atoms with E-state index in [4.69, 9.17) is 18.9 Å². The van der Waals surface area contributed by atoms with Gasteiger partial charge in [-0.2, -0.15) is 0 Å². The Morgan fingerprint density at radius 2 is 1.20 bits per heavy atom. The molecule has 236 valence electrons. The molecule has 0 aromatic carbocycles. The molecule has 2 rings (SSSR count). The van der Waals surface area contributed by atoms with E-state index in [1.807, 2.05) is 0 Å². The summed E-state index contributed by atoms with van der Waals surface area (Å²) in [6, 6.07) is 0. The number of rotatable bonds is 19. The van der Waals surface area contributed by atoms with Crippen LogP contribution in [0, 0.1) is 0 Å². The summed E-state index contributed by atoms with van der Waals surface area (Å²) in [5.41, 5.74) is 0. The lowest BCUT2D eigenvalue weighted by molar-refractivity contribution is -0.355. The molecule has 12 nitrogen and oxygen atoms in total. The second kappa shape index (κ2) is 19.3. The van der Waals surface area contributed by atoms with Gasteiger partial charge in [0.15, 0.2) is 12.6 Å². The first-order chi connectivity index (χ1) is 19.2. The average molecular weight is 581 g/mol. The van der Waals surface area contributed by atoms with Crippen LogP contribution in [0.4, 0.5) is 0 Å². The second-order valence-corrected chi connectivity index (χ2v) is 11.0. The molecule has 0 aliphatic carbocycles. The Morgan fingerprint density at radius 3 is 1.75 bits per heavy atom. The van der Waals surface area contributed by atoms with Crippen molar-refractivity contribution in [1.29, 1.82) is 0 Å². The van der Waals surface area contributed by atoms with Crippen molar-refractivity contribution in [1.82, 2.24) is 0 Å². The van der Waals surface area contributed by atoms with Gasteiger partial charge in [-0.15, -0.1) is 0 Å². The summed E-state index contributed by atoms with van der Waals surface area (Å²) < 4.78 is 21.2. The first-order valence-corrected chi connectivity index (χ1v) is 15.0. The molecular weight excluding hydrogens is 528 g/mol. The lowest BCUT2D eigenvalue weighted by atomic mass is 9.97. The second-order valence-electron chi connectivity index (χ2n) is 11.0. The fourth-order valence-electron chi connectivity index (χ4n) is 5.09. The van der Waals surface area contributed by atoms with Crippen molar-refractivity contribution in [3.8, 4) is 0 Å². The third-order valence-corrected chi connectivity index (χ3v) is 7.69. The molecule has 0 amide bonds. The van der Waals surface area contributed by atoms with Crippen LogP contribution in [0.5, 0.6) is 0 Å². The van der Waals surface area contributed by atoms with E-state index in [9.17, 15) is 40.5 Å². The minimum absolute atomic E-state index is 0.204. The maximum Gasteiger partial charge on any atom is 0.305 e. The zero-order valence-corrected chi connectivity index (χ0v) is 23.8. The van der Waals surface area contributed by atoms with Gasteiger partial charge in [0, 0.05) is 6.42 Å². The number of ether oxygens (including phenoxy) is 4. The molecule has 2 heterocycles. The van der Waals surface area contributed by atoms with Crippen LogP contribution in [0.1, 0.15) is 96.8 Å². The van der Waals surface area contributed by atoms with Gasteiger partial charge >= 0.3 is 5.97 Å². The molecule has 0 spiro atoms. The molecule has 0 aromatic heterocycles. The SMILES string of the molecule is CCCCCCCCCCCCCCCC(=O)OC[C@H]1O[C@H](O[C@H]2[C@H](O)[C@@H](O)C(O)O[C@@H]2CO)[C@H](O)[C@@H](O)[C@@H]1O. The highest BCUT2D eigenvalue weighted by atomic mass is 16.7. The number of aliphatic hydroxyl groups excluding tert-OH is 7. The molecule has 2 saturated heterocycles. The van der Waals surface area contributed by atoms with Crippen LogP contribution in [0.2, 0.25) is 0 Å². The van der Waals surface area contributed by atoms with Crippen molar-refractivity contribution in [2.24, 2.45) is 0 Å². The summed E-state index contributed by atoms with van der Waals surface area (Å²) in [7, 11) is 0. The van der Waals surface area contributed by atoms with Gasteiger partial charge in [0.25, 0.3) is 0 Å². The van der Waals surface area contributed by atoms with E-state index in [0.29, 0.717) is 6.42 Å². The van der Waals surface area contributed by atoms with Crippen LogP contribution in [-0.2, 0) is 23.7 Å².